The van der Waals surface area contributed by atoms with Crippen LogP contribution in [0.3, 0.4) is 0 Å². The van der Waals surface area contributed by atoms with E-state index in [2.05, 4.69) is 17.5 Å². The molecule has 4 heteroatoms. The zero-order chi connectivity index (χ0) is 15.0. The molecule has 2 bridgehead atoms. The molecular formula is C17H28N2O2. The first-order valence-corrected chi connectivity index (χ1v) is 8.30. The average molecular weight is 292 g/mol. The van der Waals surface area contributed by atoms with Gasteiger partial charge in [0, 0.05) is 19.1 Å². The average Bonchev–Trinajstić information content (AvgIpc) is 3.10. The topological polar surface area (TPSA) is 41.6 Å². The molecule has 4 unspecified atom stereocenters. The molecule has 1 saturated carbocycles. The highest BCUT2D eigenvalue weighted by atomic mass is 16.6. The van der Waals surface area contributed by atoms with Crippen LogP contribution in [-0.4, -0.2) is 42.3 Å². The van der Waals surface area contributed by atoms with Crippen molar-refractivity contribution in [2.75, 3.05) is 19.6 Å². The first-order valence-electron chi connectivity index (χ1n) is 8.30. The van der Waals surface area contributed by atoms with E-state index in [0.717, 1.165) is 43.8 Å². The zero-order valence-corrected chi connectivity index (χ0v) is 13.5. The molecule has 0 radical (unpaired) electrons. The lowest BCUT2D eigenvalue weighted by Crippen LogP contribution is -2.39. The Kier molecular flexibility index (Phi) is 4.00. The molecule has 0 aromatic rings. The molecule has 118 valence electrons. The number of hydrogen-bond donors (Lipinski definition) is 1. The molecule has 2 aliphatic carbocycles. The van der Waals surface area contributed by atoms with Gasteiger partial charge < -0.3 is 15.0 Å². The molecule has 0 spiro atoms. The maximum atomic E-state index is 12.0. The van der Waals surface area contributed by atoms with Crippen molar-refractivity contribution in [1.29, 1.82) is 0 Å². The summed E-state index contributed by atoms with van der Waals surface area (Å²) in [6.07, 6.45) is 8.37. The Hall–Kier alpha value is -1.03. The molecule has 21 heavy (non-hydrogen) atoms. The van der Waals surface area contributed by atoms with Gasteiger partial charge in [-0.05, 0) is 64.3 Å². The summed E-state index contributed by atoms with van der Waals surface area (Å²) in [6, 6.07) is 0.431. The second-order valence-electron chi connectivity index (χ2n) is 7.86. The van der Waals surface area contributed by atoms with Crippen LogP contribution in [0.15, 0.2) is 12.2 Å². The molecule has 4 atom stereocenters. The number of nitrogens with one attached hydrogen (secondary N) is 1. The van der Waals surface area contributed by atoms with Crippen LogP contribution in [0.2, 0.25) is 0 Å². The second-order valence-corrected chi connectivity index (χ2v) is 7.86. The van der Waals surface area contributed by atoms with Crippen molar-refractivity contribution in [2.45, 2.75) is 51.7 Å². The highest BCUT2D eigenvalue weighted by molar-refractivity contribution is 5.68. The summed E-state index contributed by atoms with van der Waals surface area (Å²) in [5.74, 6) is 2.44. The first-order chi connectivity index (χ1) is 9.90. The van der Waals surface area contributed by atoms with Crippen LogP contribution < -0.4 is 5.32 Å². The van der Waals surface area contributed by atoms with Crippen molar-refractivity contribution < 1.29 is 9.53 Å². The third-order valence-corrected chi connectivity index (χ3v) is 4.93. The molecule has 1 saturated heterocycles. The monoisotopic (exact) mass is 292 g/mol. The summed E-state index contributed by atoms with van der Waals surface area (Å²) in [5, 5.41) is 3.67. The van der Waals surface area contributed by atoms with Crippen molar-refractivity contribution in [3.8, 4) is 0 Å². The molecule has 1 aliphatic heterocycles. The zero-order valence-electron chi connectivity index (χ0n) is 13.5. The molecule has 2 fully saturated rings. The van der Waals surface area contributed by atoms with Crippen LogP contribution in [0.25, 0.3) is 0 Å². The van der Waals surface area contributed by atoms with E-state index < -0.39 is 5.60 Å². The summed E-state index contributed by atoms with van der Waals surface area (Å²) >= 11 is 0. The molecule has 4 nitrogen and oxygen atoms in total. The minimum atomic E-state index is -0.405. The second kappa shape index (κ2) is 5.64. The van der Waals surface area contributed by atoms with E-state index in [9.17, 15) is 4.79 Å². The number of nitrogens with zero attached hydrogens (tertiary/aromatic N) is 1. The predicted octanol–water partition coefficient (Wildman–Crippen LogP) is 2.80. The van der Waals surface area contributed by atoms with Crippen molar-refractivity contribution >= 4 is 6.09 Å². The predicted molar refractivity (Wildman–Crippen MR) is 83.1 cm³/mol. The number of ether oxygens (including phenoxy) is 1. The third kappa shape index (κ3) is 3.60. The Balaban J connectivity index is 1.41. The number of fused-ring (bicyclic) bond motifs is 2. The van der Waals surface area contributed by atoms with Crippen molar-refractivity contribution in [1.82, 2.24) is 10.2 Å². The summed E-state index contributed by atoms with van der Waals surface area (Å²) in [5.41, 5.74) is -0.405. The van der Waals surface area contributed by atoms with E-state index in [1.807, 2.05) is 25.7 Å². The Bertz CT molecular complexity index is 427. The smallest absolute Gasteiger partial charge is 0.410 e. The van der Waals surface area contributed by atoms with Gasteiger partial charge in [0.15, 0.2) is 0 Å². The maximum Gasteiger partial charge on any atom is 0.410 e. The normalized spacial score (nSPS) is 34.7. The van der Waals surface area contributed by atoms with Gasteiger partial charge >= 0.3 is 6.09 Å². The van der Waals surface area contributed by atoms with Crippen LogP contribution in [0.1, 0.15) is 40.0 Å². The Labute approximate surface area is 127 Å². The minimum absolute atomic E-state index is 0.172. The maximum absolute atomic E-state index is 12.0. The quantitative estimate of drug-likeness (QED) is 0.813. The molecule has 1 heterocycles. The van der Waals surface area contributed by atoms with Gasteiger partial charge in [-0.15, -0.1) is 0 Å². The number of carbonyl (C=O) groups is 1. The lowest BCUT2D eigenvalue weighted by atomic mass is 9.93. The van der Waals surface area contributed by atoms with Crippen molar-refractivity contribution in [3.63, 3.8) is 0 Å². The molecule has 3 rings (SSSR count). The van der Waals surface area contributed by atoms with Gasteiger partial charge in [-0.25, -0.2) is 4.79 Å². The van der Waals surface area contributed by atoms with Gasteiger partial charge in [-0.2, -0.15) is 0 Å². The van der Waals surface area contributed by atoms with Crippen molar-refractivity contribution in [3.05, 3.63) is 12.2 Å². The van der Waals surface area contributed by atoms with Gasteiger partial charge in [0.05, 0.1) is 0 Å². The van der Waals surface area contributed by atoms with E-state index >= 15 is 0 Å². The number of rotatable bonds is 3. The molecular weight excluding hydrogens is 264 g/mol. The number of hydrogen-bond acceptors (Lipinski definition) is 3. The number of amides is 1. The highest BCUT2D eigenvalue weighted by Gasteiger charge is 2.36. The number of allylic oxidation sites excluding steroid dienone is 2. The van der Waals surface area contributed by atoms with Crippen LogP contribution in [0.5, 0.6) is 0 Å². The SMILES string of the molecule is CC(C)(C)OC(=O)N1CCC(NCC2CC3C=CC2C3)C1. The van der Waals surface area contributed by atoms with E-state index in [-0.39, 0.29) is 6.09 Å². The lowest BCUT2D eigenvalue weighted by Gasteiger charge is -2.25. The lowest BCUT2D eigenvalue weighted by molar-refractivity contribution is 0.0291. The Morgan fingerprint density at radius 2 is 2.14 bits per heavy atom. The van der Waals surface area contributed by atoms with Gasteiger partial charge in [-0.1, -0.05) is 12.2 Å². The van der Waals surface area contributed by atoms with Crippen LogP contribution >= 0.6 is 0 Å². The van der Waals surface area contributed by atoms with Crippen molar-refractivity contribution in [2.24, 2.45) is 17.8 Å². The Morgan fingerprint density at radius 3 is 2.76 bits per heavy atom. The fourth-order valence-electron chi connectivity index (χ4n) is 3.87. The third-order valence-electron chi connectivity index (χ3n) is 4.93. The van der Waals surface area contributed by atoms with E-state index in [4.69, 9.17) is 4.74 Å². The number of carbonyl (C=O) groups excluding carboxylic acids is 1. The molecule has 1 N–H and O–H groups in total. The molecule has 1 amide bonds. The largest absolute Gasteiger partial charge is 0.444 e. The number of likely N-dealkylation sites (tertiary alicyclic amines) is 1. The first kappa shape index (κ1) is 14.9. The molecule has 0 aromatic carbocycles. The van der Waals surface area contributed by atoms with E-state index in [1.165, 1.54) is 12.8 Å². The van der Waals surface area contributed by atoms with Crippen LogP contribution in [0, 0.1) is 17.8 Å². The molecule has 0 aromatic heterocycles. The van der Waals surface area contributed by atoms with E-state index in [1.54, 1.807) is 0 Å². The van der Waals surface area contributed by atoms with Gasteiger partial charge in [0.1, 0.15) is 5.60 Å². The van der Waals surface area contributed by atoms with Gasteiger partial charge in [0.2, 0.25) is 0 Å². The molecule has 3 aliphatic rings. The standard InChI is InChI=1S/C17H28N2O2/c1-17(2,3)21-16(20)19-7-6-15(11-19)18-10-14-9-12-4-5-13(14)8-12/h4-5,12-15,18H,6-11H2,1-3H3. The Morgan fingerprint density at radius 1 is 1.33 bits per heavy atom. The van der Waals surface area contributed by atoms with Crippen LogP contribution in [0.4, 0.5) is 4.79 Å². The fraction of sp³-hybridized carbons (Fsp3) is 0.824. The summed E-state index contributed by atoms with van der Waals surface area (Å²) in [7, 11) is 0. The van der Waals surface area contributed by atoms with Gasteiger partial charge in [-0.3, -0.25) is 0 Å². The van der Waals surface area contributed by atoms with E-state index in [0.29, 0.717) is 6.04 Å². The summed E-state index contributed by atoms with van der Waals surface area (Å²) in [4.78, 5) is 13.9. The summed E-state index contributed by atoms with van der Waals surface area (Å²) < 4.78 is 5.44. The van der Waals surface area contributed by atoms with Gasteiger partial charge in [0.25, 0.3) is 0 Å². The minimum Gasteiger partial charge on any atom is -0.444 e. The fourth-order valence-corrected chi connectivity index (χ4v) is 3.87. The summed E-state index contributed by atoms with van der Waals surface area (Å²) in [6.45, 7) is 8.44. The van der Waals surface area contributed by atoms with Crippen LogP contribution in [-0.2, 0) is 4.74 Å². The highest BCUT2D eigenvalue weighted by Crippen LogP contribution is 2.43.